The maximum atomic E-state index is 14.7. The Morgan fingerprint density at radius 2 is 1.77 bits per heavy atom. The van der Waals surface area contributed by atoms with Crippen LogP contribution >= 0.6 is 0 Å². The lowest BCUT2D eigenvalue weighted by Crippen LogP contribution is -2.48. The summed E-state index contributed by atoms with van der Waals surface area (Å²) >= 11 is 0. The van der Waals surface area contributed by atoms with Gasteiger partial charge in [-0.2, -0.15) is 4.98 Å². The molecule has 7 nitrogen and oxygen atoms in total. The number of nitrogens with zero attached hydrogens (tertiary/aromatic N) is 6. The van der Waals surface area contributed by atoms with Gasteiger partial charge in [-0.05, 0) is 50.5 Å². The number of rotatable bonds is 4. The Kier molecular flexibility index (Phi) is 5.61. The highest BCUT2D eigenvalue weighted by Crippen LogP contribution is 2.40. The summed E-state index contributed by atoms with van der Waals surface area (Å²) in [6.07, 6.45) is 6.19. The highest BCUT2D eigenvalue weighted by Gasteiger charge is 2.43. The largest absolute Gasteiger partial charge is 0.356 e. The molecule has 6 rings (SSSR count). The van der Waals surface area contributed by atoms with Crippen molar-refractivity contribution in [2.75, 3.05) is 23.3 Å². The van der Waals surface area contributed by atoms with E-state index in [2.05, 4.69) is 20.2 Å². The molecule has 4 heterocycles. The summed E-state index contributed by atoms with van der Waals surface area (Å²) in [5.41, 5.74) is 1.10. The van der Waals surface area contributed by atoms with Crippen LogP contribution in [-0.4, -0.2) is 43.9 Å². The first-order valence-electron chi connectivity index (χ1n) is 12.4. The first-order valence-corrected chi connectivity index (χ1v) is 12.4. The molecule has 10 heteroatoms. The Morgan fingerprint density at radius 1 is 0.971 bits per heavy atom. The van der Waals surface area contributed by atoms with Crippen LogP contribution in [0.2, 0.25) is 0 Å². The quantitative estimate of drug-likeness (QED) is 0.554. The van der Waals surface area contributed by atoms with E-state index in [0.717, 1.165) is 56.4 Å². The van der Waals surface area contributed by atoms with Gasteiger partial charge in [0.05, 0.1) is 0 Å². The van der Waals surface area contributed by atoms with Crippen LogP contribution in [0.15, 0.2) is 24.5 Å². The molecule has 3 aromatic rings. The van der Waals surface area contributed by atoms with Crippen molar-refractivity contribution in [3.05, 3.63) is 59.1 Å². The van der Waals surface area contributed by atoms with E-state index in [9.17, 15) is 13.2 Å². The fourth-order valence-electron chi connectivity index (χ4n) is 6.09. The standard InChI is InChI=1S/C25H28F3N7/c1-14-10-20(30-13-29-14)34-11-15-5-6-16(12-34)23(15)31-25-32-24-18(4-2-3-9-35(24)33-25)17-7-8-19(26)22(28)21(17)27/h7-8,10,13,15-16,18,23H,2-6,9,11-12H2,1H3,(H,31,33)/t15-,16+,18?,23+. The second-order valence-electron chi connectivity index (χ2n) is 10.0. The summed E-state index contributed by atoms with van der Waals surface area (Å²) in [5.74, 6) is -1.23. The number of nitrogens with one attached hydrogen (secondary N) is 1. The molecule has 3 aliphatic rings. The van der Waals surface area contributed by atoms with Gasteiger partial charge in [0, 0.05) is 48.9 Å². The van der Waals surface area contributed by atoms with E-state index in [0.29, 0.717) is 36.6 Å². The van der Waals surface area contributed by atoms with Gasteiger partial charge in [-0.15, -0.1) is 5.10 Å². The lowest BCUT2D eigenvalue weighted by Gasteiger charge is -2.38. The van der Waals surface area contributed by atoms with Gasteiger partial charge in [-0.25, -0.2) is 27.8 Å². The summed E-state index contributed by atoms with van der Waals surface area (Å²) < 4.78 is 44.0. The maximum Gasteiger partial charge on any atom is 0.242 e. The molecular weight excluding hydrogens is 455 g/mol. The number of anilines is 2. The van der Waals surface area contributed by atoms with Gasteiger partial charge < -0.3 is 10.2 Å². The second-order valence-corrected chi connectivity index (χ2v) is 10.0. The van der Waals surface area contributed by atoms with Crippen molar-refractivity contribution < 1.29 is 13.2 Å². The number of aryl methyl sites for hydroxylation is 2. The van der Waals surface area contributed by atoms with E-state index in [1.54, 1.807) is 11.0 Å². The average Bonchev–Trinajstić information content (AvgIpc) is 3.25. The van der Waals surface area contributed by atoms with Crippen molar-refractivity contribution in [3.63, 3.8) is 0 Å². The molecule has 0 spiro atoms. The van der Waals surface area contributed by atoms with Crippen LogP contribution in [0, 0.1) is 36.2 Å². The lowest BCUT2D eigenvalue weighted by atomic mass is 9.92. The van der Waals surface area contributed by atoms with E-state index >= 15 is 0 Å². The van der Waals surface area contributed by atoms with Gasteiger partial charge in [-0.1, -0.05) is 12.5 Å². The third-order valence-electron chi connectivity index (χ3n) is 7.81. The fraction of sp³-hybridized carbons (Fsp3) is 0.520. The highest BCUT2D eigenvalue weighted by molar-refractivity contribution is 5.42. The monoisotopic (exact) mass is 483 g/mol. The second kappa shape index (κ2) is 8.80. The van der Waals surface area contributed by atoms with Crippen molar-refractivity contribution >= 4 is 11.8 Å². The van der Waals surface area contributed by atoms with E-state index < -0.39 is 23.4 Å². The summed E-state index contributed by atoms with van der Waals surface area (Å²) in [5, 5.41) is 8.29. The molecule has 2 aromatic heterocycles. The molecule has 2 aliphatic heterocycles. The molecule has 1 unspecified atom stereocenters. The van der Waals surface area contributed by atoms with E-state index in [1.807, 2.05) is 13.0 Å². The average molecular weight is 484 g/mol. The number of aromatic nitrogens is 5. The smallest absolute Gasteiger partial charge is 0.242 e. The first kappa shape index (κ1) is 22.3. The number of fused-ring (bicyclic) bond motifs is 3. The Morgan fingerprint density at radius 3 is 2.54 bits per heavy atom. The molecule has 0 radical (unpaired) electrons. The van der Waals surface area contributed by atoms with Crippen molar-refractivity contribution in [1.82, 2.24) is 24.7 Å². The van der Waals surface area contributed by atoms with Crippen molar-refractivity contribution in [1.29, 1.82) is 0 Å². The van der Waals surface area contributed by atoms with Gasteiger partial charge >= 0.3 is 0 Å². The summed E-state index contributed by atoms with van der Waals surface area (Å²) in [6, 6.07) is 4.60. The van der Waals surface area contributed by atoms with Crippen LogP contribution in [0.3, 0.4) is 0 Å². The Hall–Kier alpha value is -3.17. The maximum absolute atomic E-state index is 14.7. The normalized spacial score (nSPS) is 25.9. The minimum Gasteiger partial charge on any atom is -0.356 e. The van der Waals surface area contributed by atoms with Crippen LogP contribution in [0.25, 0.3) is 0 Å². The molecule has 184 valence electrons. The fourth-order valence-corrected chi connectivity index (χ4v) is 6.09. The van der Waals surface area contributed by atoms with Gasteiger partial charge in [0.2, 0.25) is 5.95 Å². The number of piperidine rings is 1. The molecule has 1 N–H and O–H groups in total. The van der Waals surface area contributed by atoms with Crippen LogP contribution < -0.4 is 10.2 Å². The predicted octanol–water partition coefficient (Wildman–Crippen LogP) is 4.44. The number of hydrogen-bond acceptors (Lipinski definition) is 6. The first-order chi connectivity index (χ1) is 17.0. The number of hydrogen-bond donors (Lipinski definition) is 1. The van der Waals surface area contributed by atoms with Crippen LogP contribution in [0.5, 0.6) is 0 Å². The van der Waals surface area contributed by atoms with E-state index in [-0.39, 0.29) is 11.6 Å². The number of halogens is 3. The molecule has 35 heavy (non-hydrogen) atoms. The van der Waals surface area contributed by atoms with Crippen LogP contribution in [-0.2, 0) is 6.54 Å². The minimum absolute atomic E-state index is 0.138. The SMILES string of the molecule is Cc1cc(N2C[C@H]3CC[C@@H](C2)[C@H]3Nc2nc3n(n2)CCCCC3c2ccc(F)c(F)c2F)ncn1. The van der Waals surface area contributed by atoms with Gasteiger partial charge in [0.25, 0.3) is 0 Å². The Balaban J connectivity index is 1.24. The zero-order valence-corrected chi connectivity index (χ0v) is 19.6. The van der Waals surface area contributed by atoms with Crippen LogP contribution in [0.1, 0.15) is 55.1 Å². The Bertz CT molecular complexity index is 1230. The molecule has 0 amide bonds. The summed E-state index contributed by atoms with van der Waals surface area (Å²) in [4.78, 5) is 15.8. The molecule has 1 aliphatic carbocycles. The zero-order valence-electron chi connectivity index (χ0n) is 19.6. The molecule has 2 fully saturated rings. The third kappa shape index (κ3) is 4.02. The molecule has 4 atom stereocenters. The molecule has 1 aromatic carbocycles. The summed E-state index contributed by atoms with van der Waals surface area (Å²) in [7, 11) is 0. The van der Waals surface area contributed by atoms with Crippen molar-refractivity contribution in [2.24, 2.45) is 11.8 Å². The minimum atomic E-state index is -1.43. The molecule has 2 bridgehead atoms. The Labute approximate surface area is 201 Å². The number of benzene rings is 1. The molecule has 1 saturated carbocycles. The van der Waals surface area contributed by atoms with Crippen molar-refractivity contribution in [2.45, 2.75) is 57.5 Å². The van der Waals surface area contributed by atoms with Gasteiger partial charge in [0.1, 0.15) is 18.0 Å². The predicted molar refractivity (Wildman–Crippen MR) is 125 cm³/mol. The zero-order chi connectivity index (χ0) is 24.1. The van der Waals surface area contributed by atoms with Crippen LogP contribution in [0.4, 0.5) is 24.9 Å². The summed E-state index contributed by atoms with van der Waals surface area (Å²) in [6.45, 7) is 4.45. The topological polar surface area (TPSA) is 71.8 Å². The third-order valence-corrected chi connectivity index (χ3v) is 7.81. The van der Waals surface area contributed by atoms with Gasteiger partial charge in [-0.3, -0.25) is 0 Å². The molecular formula is C25H28F3N7. The highest BCUT2D eigenvalue weighted by atomic mass is 19.2. The van der Waals surface area contributed by atoms with E-state index in [4.69, 9.17) is 10.1 Å². The lowest BCUT2D eigenvalue weighted by molar-refractivity contribution is 0.374. The van der Waals surface area contributed by atoms with E-state index in [1.165, 1.54) is 6.07 Å². The van der Waals surface area contributed by atoms with Gasteiger partial charge in [0.15, 0.2) is 17.5 Å². The molecule has 1 saturated heterocycles. The van der Waals surface area contributed by atoms with Crippen molar-refractivity contribution in [3.8, 4) is 0 Å².